The van der Waals surface area contributed by atoms with Crippen molar-refractivity contribution in [2.75, 3.05) is 32.9 Å². The van der Waals surface area contributed by atoms with E-state index < -0.39 is 0 Å². The fourth-order valence-electron chi connectivity index (χ4n) is 5.66. The summed E-state index contributed by atoms with van der Waals surface area (Å²) in [6.07, 6.45) is 9.38. The average molecular weight is 265 g/mol. The minimum atomic E-state index is 0.280. The summed E-state index contributed by atoms with van der Waals surface area (Å²) in [5, 5.41) is 3.71. The van der Waals surface area contributed by atoms with Gasteiger partial charge in [-0.15, -0.1) is 0 Å². The minimum Gasteiger partial charge on any atom is -0.376 e. The maximum atomic E-state index is 5.71. The van der Waals surface area contributed by atoms with Gasteiger partial charge in [0.1, 0.15) is 0 Å². The molecule has 4 bridgehead atoms. The average Bonchev–Trinajstić information content (AvgIpc) is 2.38. The Morgan fingerprint density at radius 2 is 1.63 bits per heavy atom. The van der Waals surface area contributed by atoms with Crippen molar-refractivity contribution < 1.29 is 9.47 Å². The lowest BCUT2D eigenvalue weighted by Gasteiger charge is -2.57. The number of ether oxygens (including phenoxy) is 2. The van der Waals surface area contributed by atoms with Crippen molar-refractivity contribution in [3.8, 4) is 0 Å². The predicted molar refractivity (Wildman–Crippen MR) is 74.0 cm³/mol. The zero-order chi connectivity index (χ0) is 12.7. The third kappa shape index (κ3) is 2.57. The van der Waals surface area contributed by atoms with Crippen LogP contribution in [0.5, 0.6) is 0 Å². The van der Waals surface area contributed by atoms with Crippen LogP contribution in [0.1, 0.15) is 38.5 Å². The van der Waals surface area contributed by atoms with Crippen LogP contribution in [0.25, 0.3) is 0 Å². The van der Waals surface area contributed by atoms with Gasteiger partial charge in [0, 0.05) is 13.1 Å². The Morgan fingerprint density at radius 3 is 2.21 bits per heavy atom. The minimum absolute atomic E-state index is 0.280. The lowest BCUT2D eigenvalue weighted by molar-refractivity contribution is -0.0901. The van der Waals surface area contributed by atoms with E-state index in [0.717, 1.165) is 44.1 Å². The lowest BCUT2D eigenvalue weighted by atomic mass is 9.49. The first-order chi connectivity index (χ1) is 9.31. The molecule has 0 spiro atoms. The molecule has 0 aromatic heterocycles. The molecule has 19 heavy (non-hydrogen) atoms. The smallest absolute Gasteiger partial charge is 0.0933 e. The van der Waals surface area contributed by atoms with Gasteiger partial charge in [0.25, 0.3) is 0 Å². The summed E-state index contributed by atoms with van der Waals surface area (Å²) in [5.41, 5.74) is 0.643. The molecule has 0 radical (unpaired) electrons. The number of hydrogen-bond donors (Lipinski definition) is 1. The maximum absolute atomic E-state index is 5.71. The van der Waals surface area contributed by atoms with Crippen LogP contribution in [-0.2, 0) is 9.47 Å². The molecule has 3 heteroatoms. The van der Waals surface area contributed by atoms with E-state index in [1.165, 1.54) is 45.1 Å². The molecule has 0 aromatic rings. The summed E-state index contributed by atoms with van der Waals surface area (Å²) < 4.78 is 11.2. The summed E-state index contributed by atoms with van der Waals surface area (Å²) >= 11 is 0. The van der Waals surface area contributed by atoms with Gasteiger partial charge in [0.05, 0.1) is 25.9 Å². The summed E-state index contributed by atoms with van der Waals surface area (Å²) in [5.74, 6) is 3.17. The van der Waals surface area contributed by atoms with Crippen molar-refractivity contribution in [2.45, 2.75) is 44.6 Å². The van der Waals surface area contributed by atoms with Crippen LogP contribution in [0.2, 0.25) is 0 Å². The number of hydrogen-bond acceptors (Lipinski definition) is 3. The Bertz CT molecular complexity index is 289. The van der Waals surface area contributed by atoms with E-state index in [-0.39, 0.29) is 6.10 Å². The second-order valence-electron chi connectivity index (χ2n) is 7.62. The third-order valence-corrected chi connectivity index (χ3v) is 5.92. The molecule has 4 aliphatic carbocycles. The maximum Gasteiger partial charge on any atom is 0.0933 e. The first-order valence-corrected chi connectivity index (χ1v) is 8.21. The van der Waals surface area contributed by atoms with Crippen molar-refractivity contribution in [1.82, 2.24) is 5.32 Å². The molecular formula is C16H27NO2. The van der Waals surface area contributed by atoms with Crippen molar-refractivity contribution in [2.24, 2.45) is 23.2 Å². The van der Waals surface area contributed by atoms with Crippen LogP contribution < -0.4 is 5.32 Å². The Labute approximate surface area is 116 Å². The largest absolute Gasteiger partial charge is 0.376 e. The van der Waals surface area contributed by atoms with Gasteiger partial charge in [-0.1, -0.05) is 0 Å². The van der Waals surface area contributed by atoms with E-state index in [1.807, 2.05) is 0 Å². The molecule has 1 heterocycles. The molecule has 1 N–H and O–H groups in total. The van der Waals surface area contributed by atoms with E-state index >= 15 is 0 Å². The molecular weight excluding hydrogens is 238 g/mol. The van der Waals surface area contributed by atoms with E-state index in [4.69, 9.17) is 9.47 Å². The molecule has 1 atom stereocenters. The third-order valence-electron chi connectivity index (χ3n) is 5.92. The molecule has 5 fully saturated rings. The van der Waals surface area contributed by atoms with Crippen molar-refractivity contribution in [1.29, 1.82) is 0 Å². The molecule has 0 aromatic carbocycles. The van der Waals surface area contributed by atoms with E-state index in [9.17, 15) is 0 Å². The highest BCUT2D eigenvalue weighted by atomic mass is 16.6. The molecule has 1 saturated heterocycles. The van der Waals surface area contributed by atoms with Crippen LogP contribution in [0.15, 0.2) is 0 Å². The first-order valence-electron chi connectivity index (χ1n) is 8.21. The fraction of sp³-hybridized carbons (Fsp3) is 1.00. The highest BCUT2D eigenvalue weighted by Crippen LogP contribution is 2.59. The second-order valence-corrected chi connectivity index (χ2v) is 7.62. The molecule has 1 aliphatic heterocycles. The summed E-state index contributed by atoms with van der Waals surface area (Å²) in [7, 11) is 0. The summed E-state index contributed by atoms with van der Waals surface area (Å²) in [6, 6.07) is 0. The van der Waals surface area contributed by atoms with Gasteiger partial charge in [-0.25, -0.2) is 0 Å². The van der Waals surface area contributed by atoms with Crippen LogP contribution in [0.4, 0.5) is 0 Å². The number of rotatable bonds is 4. The van der Waals surface area contributed by atoms with Crippen LogP contribution in [0, 0.1) is 23.2 Å². The number of nitrogens with one attached hydrogen (secondary N) is 1. The quantitative estimate of drug-likeness (QED) is 0.845. The Morgan fingerprint density at radius 1 is 0.947 bits per heavy atom. The van der Waals surface area contributed by atoms with E-state index in [2.05, 4.69) is 5.32 Å². The topological polar surface area (TPSA) is 30.5 Å². The highest BCUT2D eigenvalue weighted by Gasteiger charge is 2.50. The standard InChI is InChI=1S/C16H27NO2/c1-2-19-15(10-18-1)9-17-11-16-6-12-3-13(7-16)5-14(4-12)8-16/h12-15,17H,1-11H2. The van der Waals surface area contributed by atoms with Crippen molar-refractivity contribution in [3.63, 3.8) is 0 Å². The van der Waals surface area contributed by atoms with Crippen molar-refractivity contribution >= 4 is 0 Å². The van der Waals surface area contributed by atoms with Gasteiger partial charge < -0.3 is 14.8 Å². The van der Waals surface area contributed by atoms with Gasteiger partial charge in [-0.3, -0.25) is 0 Å². The lowest BCUT2D eigenvalue weighted by Crippen LogP contribution is -2.51. The van der Waals surface area contributed by atoms with Gasteiger partial charge in [-0.05, 0) is 61.7 Å². The molecule has 0 amide bonds. The zero-order valence-corrected chi connectivity index (χ0v) is 11.9. The monoisotopic (exact) mass is 265 g/mol. The normalized spacial score (nSPS) is 48.6. The Balaban J connectivity index is 1.30. The van der Waals surface area contributed by atoms with Crippen LogP contribution >= 0.6 is 0 Å². The Kier molecular flexibility index (Phi) is 3.33. The summed E-state index contributed by atoms with van der Waals surface area (Å²) in [4.78, 5) is 0. The van der Waals surface area contributed by atoms with Crippen molar-refractivity contribution in [3.05, 3.63) is 0 Å². The molecule has 1 unspecified atom stereocenters. The van der Waals surface area contributed by atoms with Gasteiger partial charge in [0.2, 0.25) is 0 Å². The second kappa shape index (κ2) is 5.01. The van der Waals surface area contributed by atoms with Gasteiger partial charge in [0.15, 0.2) is 0 Å². The first kappa shape index (κ1) is 12.6. The SMILES string of the molecule is C1COC(CNCC23CC4CC(CC(C4)C2)C3)CO1. The molecule has 108 valence electrons. The summed E-state index contributed by atoms with van der Waals surface area (Å²) in [6.45, 7) is 4.50. The molecule has 4 saturated carbocycles. The van der Waals surface area contributed by atoms with Crippen LogP contribution in [-0.4, -0.2) is 39.0 Å². The Hall–Kier alpha value is -0.120. The van der Waals surface area contributed by atoms with Crippen LogP contribution in [0.3, 0.4) is 0 Å². The zero-order valence-electron chi connectivity index (χ0n) is 11.9. The highest BCUT2D eigenvalue weighted by molar-refractivity contribution is 5.02. The molecule has 5 aliphatic rings. The van der Waals surface area contributed by atoms with E-state index in [0.29, 0.717) is 5.41 Å². The van der Waals surface area contributed by atoms with Gasteiger partial charge in [-0.2, -0.15) is 0 Å². The molecule has 5 rings (SSSR count). The fourth-order valence-corrected chi connectivity index (χ4v) is 5.66. The van der Waals surface area contributed by atoms with E-state index in [1.54, 1.807) is 0 Å². The predicted octanol–water partition coefficient (Wildman–Crippen LogP) is 2.21. The molecule has 3 nitrogen and oxygen atoms in total. The van der Waals surface area contributed by atoms with Gasteiger partial charge >= 0.3 is 0 Å².